The molecule has 0 aromatic carbocycles. The van der Waals surface area contributed by atoms with Crippen LogP contribution < -0.4 is 10.6 Å². The minimum absolute atomic E-state index is 0.174. The molecule has 1 aromatic rings. The summed E-state index contributed by atoms with van der Waals surface area (Å²) in [6.45, 7) is 10.3. The molecule has 24 heavy (non-hydrogen) atoms. The number of morpholine rings is 1. The van der Waals surface area contributed by atoms with Crippen LogP contribution in [0.1, 0.15) is 39.1 Å². The standard InChI is InChI=1S/C16H30N6O2/c1-12(2)9-14(22-5-7-24-8-6-22)10-17-16(23)19-13(3)15-20-18-11-21(15)4/h11-14H,5-10H2,1-4H3,(H2,17,19,23)/t13-,14+/m0/s1. The van der Waals surface area contributed by atoms with Crippen molar-refractivity contribution >= 4 is 6.03 Å². The third-order valence-electron chi connectivity index (χ3n) is 4.29. The molecular formula is C16H30N6O2. The van der Waals surface area contributed by atoms with E-state index in [1.54, 1.807) is 10.9 Å². The Morgan fingerprint density at radius 1 is 1.33 bits per heavy atom. The van der Waals surface area contributed by atoms with Gasteiger partial charge in [-0.2, -0.15) is 0 Å². The van der Waals surface area contributed by atoms with E-state index in [0.717, 1.165) is 38.5 Å². The quantitative estimate of drug-likeness (QED) is 0.772. The Labute approximate surface area is 143 Å². The number of aryl methyl sites for hydroxylation is 1. The topological polar surface area (TPSA) is 84.3 Å². The molecule has 2 amide bonds. The van der Waals surface area contributed by atoms with Crippen LogP contribution in [0.3, 0.4) is 0 Å². The van der Waals surface area contributed by atoms with Crippen molar-refractivity contribution in [1.82, 2.24) is 30.3 Å². The van der Waals surface area contributed by atoms with Crippen LogP contribution in [-0.2, 0) is 11.8 Å². The molecule has 2 N–H and O–H groups in total. The number of urea groups is 1. The Hall–Kier alpha value is -1.67. The second-order valence-corrected chi connectivity index (χ2v) is 6.81. The summed E-state index contributed by atoms with van der Waals surface area (Å²) in [5.41, 5.74) is 0. The number of hydrogen-bond donors (Lipinski definition) is 2. The highest BCUT2D eigenvalue weighted by atomic mass is 16.5. The second-order valence-electron chi connectivity index (χ2n) is 6.81. The molecule has 2 rings (SSSR count). The van der Waals surface area contributed by atoms with Gasteiger partial charge in [0.1, 0.15) is 6.33 Å². The first-order valence-electron chi connectivity index (χ1n) is 8.67. The summed E-state index contributed by atoms with van der Waals surface area (Å²) in [5, 5.41) is 13.8. The highest BCUT2D eigenvalue weighted by Gasteiger charge is 2.23. The Morgan fingerprint density at radius 3 is 2.62 bits per heavy atom. The van der Waals surface area contributed by atoms with E-state index in [1.165, 1.54) is 0 Å². The number of rotatable bonds is 7. The first-order chi connectivity index (χ1) is 11.5. The second kappa shape index (κ2) is 8.98. The smallest absolute Gasteiger partial charge is 0.315 e. The maximum absolute atomic E-state index is 12.2. The molecule has 1 aromatic heterocycles. The van der Waals surface area contributed by atoms with Crippen LogP contribution in [0.5, 0.6) is 0 Å². The maximum Gasteiger partial charge on any atom is 0.315 e. The number of carbonyl (C=O) groups is 1. The number of amides is 2. The van der Waals surface area contributed by atoms with E-state index in [2.05, 4.69) is 39.6 Å². The molecule has 136 valence electrons. The number of nitrogens with one attached hydrogen (secondary N) is 2. The zero-order valence-corrected chi connectivity index (χ0v) is 15.2. The van der Waals surface area contributed by atoms with E-state index in [4.69, 9.17) is 4.74 Å². The van der Waals surface area contributed by atoms with Crippen LogP contribution in [0.25, 0.3) is 0 Å². The van der Waals surface area contributed by atoms with E-state index >= 15 is 0 Å². The minimum atomic E-state index is -0.190. The van der Waals surface area contributed by atoms with Gasteiger partial charge < -0.3 is 19.9 Å². The number of ether oxygens (including phenoxy) is 1. The molecule has 0 radical (unpaired) electrons. The van der Waals surface area contributed by atoms with Crippen molar-refractivity contribution in [2.24, 2.45) is 13.0 Å². The van der Waals surface area contributed by atoms with Crippen molar-refractivity contribution in [2.45, 2.75) is 39.3 Å². The van der Waals surface area contributed by atoms with E-state index in [-0.39, 0.29) is 12.1 Å². The van der Waals surface area contributed by atoms with Gasteiger partial charge in [0, 0.05) is 32.7 Å². The molecule has 0 saturated carbocycles. The van der Waals surface area contributed by atoms with Crippen LogP contribution in [0, 0.1) is 5.92 Å². The van der Waals surface area contributed by atoms with E-state index < -0.39 is 0 Å². The molecular weight excluding hydrogens is 308 g/mol. The summed E-state index contributed by atoms with van der Waals surface area (Å²) in [5.74, 6) is 1.32. The van der Waals surface area contributed by atoms with Crippen LogP contribution in [0.2, 0.25) is 0 Å². The van der Waals surface area contributed by atoms with Gasteiger partial charge in [-0.15, -0.1) is 10.2 Å². The summed E-state index contributed by atoms with van der Waals surface area (Å²) in [6, 6.07) is -0.0262. The van der Waals surface area contributed by atoms with Crippen molar-refractivity contribution in [3.05, 3.63) is 12.2 Å². The molecule has 8 heteroatoms. The first-order valence-corrected chi connectivity index (χ1v) is 8.67. The van der Waals surface area contributed by atoms with Gasteiger partial charge in [0.05, 0.1) is 19.3 Å². The van der Waals surface area contributed by atoms with Gasteiger partial charge in [-0.05, 0) is 19.3 Å². The molecule has 0 bridgehead atoms. The van der Waals surface area contributed by atoms with Gasteiger partial charge in [-0.3, -0.25) is 4.90 Å². The van der Waals surface area contributed by atoms with Crippen LogP contribution in [-0.4, -0.2) is 64.6 Å². The average Bonchev–Trinajstić information content (AvgIpc) is 2.98. The lowest BCUT2D eigenvalue weighted by atomic mass is 10.0. The van der Waals surface area contributed by atoms with E-state index in [0.29, 0.717) is 18.5 Å². The Kier molecular flexibility index (Phi) is 6.99. The number of carbonyl (C=O) groups excluding carboxylic acids is 1. The molecule has 0 unspecified atom stereocenters. The van der Waals surface area contributed by atoms with Crippen molar-refractivity contribution < 1.29 is 9.53 Å². The Bertz CT molecular complexity index is 512. The zero-order valence-electron chi connectivity index (χ0n) is 15.2. The zero-order chi connectivity index (χ0) is 17.5. The van der Waals surface area contributed by atoms with Crippen LogP contribution >= 0.6 is 0 Å². The molecule has 0 aliphatic carbocycles. The summed E-state index contributed by atoms with van der Waals surface area (Å²) in [4.78, 5) is 14.6. The SMILES string of the molecule is CC(C)C[C@H](CNC(=O)N[C@@H](C)c1nncn1C)N1CCOCC1. The third-order valence-corrected chi connectivity index (χ3v) is 4.29. The van der Waals surface area contributed by atoms with Gasteiger partial charge in [0.15, 0.2) is 5.82 Å². The highest BCUT2D eigenvalue weighted by molar-refractivity contribution is 5.74. The third kappa shape index (κ3) is 5.45. The van der Waals surface area contributed by atoms with Crippen molar-refractivity contribution in [2.75, 3.05) is 32.8 Å². The van der Waals surface area contributed by atoms with Crippen LogP contribution in [0.4, 0.5) is 4.79 Å². The number of hydrogen-bond acceptors (Lipinski definition) is 5. The van der Waals surface area contributed by atoms with Gasteiger partial charge in [0.2, 0.25) is 0 Å². The molecule has 2 atom stereocenters. The maximum atomic E-state index is 12.2. The van der Waals surface area contributed by atoms with Crippen molar-refractivity contribution in [3.63, 3.8) is 0 Å². The van der Waals surface area contributed by atoms with E-state index in [1.807, 2.05) is 14.0 Å². The lowest BCUT2D eigenvalue weighted by Gasteiger charge is -2.35. The number of aromatic nitrogens is 3. The van der Waals surface area contributed by atoms with Crippen LogP contribution in [0.15, 0.2) is 6.33 Å². The molecule has 0 spiro atoms. The Morgan fingerprint density at radius 2 is 2.04 bits per heavy atom. The molecule has 1 fully saturated rings. The first kappa shape index (κ1) is 18.7. The average molecular weight is 338 g/mol. The number of nitrogens with zero attached hydrogens (tertiary/aromatic N) is 4. The fraction of sp³-hybridized carbons (Fsp3) is 0.812. The normalized spacial score (nSPS) is 18.4. The Balaban J connectivity index is 1.83. The van der Waals surface area contributed by atoms with Gasteiger partial charge >= 0.3 is 6.03 Å². The fourth-order valence-electron chi connectivity index (χ4n) is 3.06. The summed E-state index contributed by atoms with van der Waals surface area (Å²) in [7, 11) is 1.86. The monoisotopic (exact) mass is 338 g/mol. The van der Waals surface area contributed by atoms with Gasteiger partial charge in [-0.25, -0.2) is 4.79 Å². The van der Waals surface area contributed by atoms with E-state index in [9.17, 15) is 4.79 Å². The summed E-state index contributed by atoms with van der Waals surface area (Å²) in [6.07, 6.45) is 2.68. The molecule has 1 aliphatic heterocycles. The highest BCUT2D eigenvalue weighted by Crippen LogP contribution is 2.13. The largest absolute Gasteiger partial charge is 0.379 e. The lowest BCUT2D eigenvalue weighted by molar-refractivity contribution is 0.0129. The van der Waals surface area contributed by atoms with Gasteiger partial charge in [-0.1, -0.05) is 13.8 Å². The predicted molar refractivity (Wildman–Crippen MR) is 91.6 cm³/mol. The van der Waals surface area contributed by atoms with Crippen molar-refractivity contribution in [1.29, 1.82) is 0 Å². The fourth-order valence-corrected chi connectivity index (χ4v) is 3.06. The molecule has 8 nitrogen and oxygen atoms in total. The van der Waals surface area contributed by atoms with Crippen molar-refractivity contribution in [3.8, 4) is 0 Å². The summed E-state index contributed by atoms with van der Waals surface area (Å²) < 4.78 is 7.23. The summed E-state index contributed by atoms with van der Waals surface area (Å²) >= 11 is 0. The lowest BCUT2D eigenvalue weighted by Crippen LogP contribution is -2.50. The molecule has 1 saturated heterocycles. The van der Waals surface area contributed by atoms with Gasteiger partial charge in [0.25, 0.3) is 0 Å². The molecule has 1 aliphatic rings. The predicted octanol–water partition coefficient (Wildman–Crippen LogP) is 0.922. The minimum Gasteiger partial charge on any atom is -0.379 e. The molecule has 2 heterocycles.